The number of methoxy groups -OCH3 is 2. The molecule has 1 N–H and O–H groups in total. The fourth-order valence-corrected chi connectivity index (χ4v) is 3.28. The molecule has 0 spiro atoms. The lowest BCUT2D eigenvalue weighted by atomic mass is 9.93. The largest absolute Gasteiger partial charge is 0.493 e. The van der Waals surface area contributed by atoms with Gasteiger partial charge in [-0.05, 0) is 40.1 Å². The lowest BCUT2D eigenvalue weighted by Gasteiger charge is -2.31. The summed E-state index contributed by atoms with van der Waals surface area (Å²) >= 11 is 0. The van der Waals surface area contributed by atoms with Crippen LogP contribution in [0.5, 0.6) is 11.5 Å². The van der Waals surface area contributed by atoms with Crippen molar-refractivity contribution in [2.75, 3.05) is 19.5 Å². The van der Waals surface area contributed by atoms with Gasteiger partial charge in [-0.2, -0.15) is 0 Å². The van der Waals surface area contributed by atoms with Gasteiger partial charge in [0.05, 0.1) is 26.3 Å². The highest BCUT2D eigenvalue weighted by atomic mass is 16.5. The minimum Gasteiger partial charge on any atom is -0.493 e. The Morgan fingerprint density at radius 2 is 1.80 bits per heavy atom. The van der Waals surface area contributed by atoms with Crippen molar-refractivity contribution in [2.24, 2.45) is 0 Å². The smallest absolute Gasteiger partial charge is 0.243 e. The van der Waals surface area contributed by atoms with Crippen molar-refractivity contribution in [3.05, 3.63) is 59.7 Å². The zero-order chi connectivity index (χ0) is 17.2. The molecule has 0 unspecified atom stereocenters. The van der Waals surface area contributed by atoms with E-state index in [1.807, 2.05) is 41.1 Å². The Balaban J connectivity index is 1.73. The molecule has 3 aromatic rings. The van der Waals surface area contributed by atoms with Crippen LogP contribution in [0.2, 0.25) is 0 Å². The highest BCUT2D eigenvalue weighted by molar-refractivity contribution is 5.45. The van der Waals surface area contributed by atoms with E-state index in [4.69, 9.17) is 9.47 Å². The third kappa shape index (κ3) is 2.77. The number of anilines is 1. The summed E-state index contributed by atoms with van der Waals surface area (Å²) in [6.45, 7) is 0. The zero-order valence-corrected chi connectivity index (χ0v) is 14.1. The molecule has 2 atom stereocenters. The molecule has 0 amide bonds. The molecule has 0 radical (unpaired) electrons. The van der Waals surface area contributed by atoms with E-state index in [2.05, 4.69) is 33.0 Å². The number of benzene rings is 2. The van der Waals surface area contributed by atoms with Crippen LogP contribution in [-0.4, -0.2) is 34.4 Å². The predicted molar refractivity (Wildman–Crippen MR) is 92.9 cm³/mol. The third-order valence-electron chi connectivity index (χ3n) is 4.54. The van der Waals surface area contributed by atoms with Gasteiger partial charge in [0.2, 0.25) is 5.95 Å². The number of ether oxygens (including phenoxy) is 2. The van der Waals surface area contributed by atoms with E-state index in [9.17, 15) is 0 Å². The number of aromatic nitrogens is 4. The van der Waals surface area contributed by atoms with Crippen LogP contribution in [0.1, 0.15) is 29.6 Å². The van der Waals surface area contributed by atoms with Crippen LogP contribution < -0.4 is 14.8 Å². The quantitative estimate of drug-likeness (QED) is 0.789. The van der Waals surface area contributed by atoms with E-state index < -0.39 is 0 Å². The molecule has 7 nitrogen and oxygen atoms in total. The number of rotatable bonds is 4. The van der Waals surface area contributed by atoms with Gasteiger partial charge in [0.1, 0.15) is 0 Å². The molecule has 7 heteroatoms. The van der Waals surface area contributed by atoms with Crippen LogP contribution in [0.15, 0.2) is 48.5 Å². The molecular weight excluding hydrogens is 318 g/mol. The molecule has 2 aromatic carbocycles. The first-order valence-electron chi connectivity index (χ1n) is 8.11. The van der Waals surface area contributed by atoms with Crippen LogP contribution in [-0.2, 0) is 0 Å². The van der Waals surface area contributed by atoms with Gasteiger partial charge in [-0.15, -0.1) is 0 Å². The van der Waals surface area contributed by atoms with Gasteiger partial charge in [0.15, 0.2) is 11.5 Å². The number of tetrazole rings is 1. The molecule has 0 aliphatic carbocycles. The summed E-state index contributed by atoms with van der Waals surface area (Å²) in [5.74, 6) is 2.07. The van der Waals surface area contributed by atoms with Crippen LogP contribution in [0.3, 0.4) is 0 Å². The first-order valence-corrected chi connectivity index (χ1v) is 8.11. The summed E-state index contributed by atoms with van der Waals surface area (Å²) in [4.78, 5) is 0. The minimum atomic E-state index is 0.0104. The Labute approximate surface area is 145 Å². The molecule has 25 heavy (non-hydrogen) atoms. The van der Waals surface area contributed by atoms with Crippen molar-refractivity contribution < 1.29 is 9.47 Å². The average Bonchev–Trinajstić information content (AvgIpc) is 3.16. The van der Waals surface area contributed by atoms with Gasteiger partial charge >= 0.3 is 0 Å². The third-order valence-corrected chi connectivity index (χ3v) is 4.54. The molecule has 2 heterocycles. The SMILES string of the molecule is COc1ccc([C@@H]2C[C@H](c3ccccc3)Nc3nnnn32)cc1OC. The Hall–Kier alpha value is -3.09. The maximum Gasteiger partial charge on any atom is 0.243 e. The number of nitrogens with one attached hydrogen (secondary N) is 1. The van der Waals surface area contributed by atoms with Crippen LogP contribution in [0.4, 0.5) is 5.95 Å². The first kappa shape index (κ1) is 15.4. The summed E-state index contributed by atoms with van der Waals surface area (Å²) in [6, 6.07) is 16.4. The zero-order valence-electron chi connectivity index (χ0n) is 14.1. The fraction of sp³-hybridized carbons (Fsp3) is 0.278. The van der Waals surface area contributed by atoms with Crippen LogP contribution in [0, 0.1) is 0 Å². The van der Waals surface area contributed by atoms with Crippen molar-refractivity contribution in [2.45, 2.75) is 18.5 Å². The van der Waals surface area contributed by atoms with Gasteiger partial charge < -0.3 is 14.8 Å². The first-order chi connectivity index (χ1) is 12.3. The summed E-state index contributed by atoms with van der Waals surface area (Å²) in [5, 5.41) is 15.5. The molecule has 1 aliphatic rings. The Morgan fingerprint density at radius 1 is 1.00 bits per heavy atom. The fourth-order valence-electron chi connectivity index (χ4n) is 3.28. The molecule has 0 saturated heterocycles. The lowest BCUT2D eigenvalue weighted by molar-refractivity contribution is 0.352. The Kier molecular flexibility index (Phi) is 3.97. The molecule has 0 fully saturated rings. The molecular formula is C18H19N5O2. The normalized spacial score (nSPS) is 19.0. The predicted octanol–water partition coefficient (Wildman–Crippen LogP) is 2.84. The molecule has 128 valence electrons. The van der Waals surface area contributed by atoms with Gasteiger partial charge in [0.25, 0.3) is 0 Å². The average molecular weight is 337 g/mol. The van der Waals surface area contributed by atoms with Crippen LogP contribution >= 0.6 is 0 Å². The number of nitrogens with zero attached hydrogens (tertiary/aromatic N) is 4. The second-order valence-corrected chi connectivity index (χ2v) is 5.92. The number of hydrogen-bond donors (Lipinski definition) is 1. The van der Waals surface area contributed by atoms with E-state index in [0.29, 0.717) is 17.4 Å². The summed E-state index contributed by atoms with van der Waals surface area (Å²) in [6.07, 6.45) is 0.831. The van der Waals surface area contributed by atoms with Crippen LogP contribution in [0.25, 0.3) is 0 Å². The summed E-state index contributed by atoms with van der Waals surface area (Å²) in [5.41, 5.74) is 2.29. The topological polar surface area (TPSA) is 74.1 Å². The number of hydrogen-bond acceptors (Lipinski definition) is 6. The molecule has 0 saturated carbocycles. The van der Waals surface area contributed by atoms with E-state index in [1.165, 1.54) is 5.56 Å². The Bertz CT molecular complexity index is 865. The maximum atomic E-state index is 5.45. The molecule has 1 aliphatic heterocycles. The highest BCUT2D eigenvalue weighted by Crippen LogP contribution is 2.39. The van der Waals surface area contributed by atoms with E-state index in [1.54, 1.807) is 14.2 Å². The van der Waals surface area contributed by atoms with Crippen molar-refractivity contribution in [3.63, 3.8) is 0 Å². The van der Waals surface area contributed by atoms with Crippen molar-refractivity contribution in [3.8, 4) is 11.5 Å². The highest BCUT2D eigenvalue weighted by Gasteiger charge is 2.31. The second-order valence-electron chi connectivity index (χ2n) is 5.92. The minimum absolute atomic E-state index is 0.0104. The van der Waals surface area contributed by atoms with Crippen molar-refractivity contribution in [1.82, 2.24) is 20.2 Å². The lowest BCUT2D eigenvalue weighted by Crippen LogP contribution is -2.28. The van der Waals surface area contributed by atoms with E-state index >= 15 is 0 Å². The van der Waals surface area contributed by atoms with Gasteiger partial charge in [0, 0.05) is 0 Å². The van der Waals surface area contributed by atoms with E-state index in [0.717, 1.165) is 12.0 Å². The molecule has 4 rings (SSSR count). The summed E-state index contributed by atoms with van der Waals surface area (Å²) in [7, 11) is 3.27. The standard InChI is InChI=1S/C18H19N5O2/c1-24-16-9-8-13(10-17(16)25-2)15-11-14(12-6-4-3-5-7-12)19-18-20-21-22-23(15)18/h3-10,14-15H,11H2,1-2H3,(H,19,20,22)/t14-,15+/m1/s1. The van der Waals surface area contributed by atoms with Gasteiger partial charge in [-0.25, -0.2) is 4.68 Å². The van der Waals surface area contributed by atoms with Gasteiger partial charge in [-0.3, -0.25) is 0 Å². The van der Waals surface area contributed by atoms with Crippen molar-refractivity contribution in [1.29, 1.82) is 0 Å². The molecule has 0 bridgehead atoms. The monoisotopic (exact) mass is 337 g/mol. The Morgan fingerprint density at radius 3 is 2.56 bits per heavy atom. The number of fused-ring (bicyclic) bond motifs is 1. The van der Waals surface area contributed by atoms with Crippen molar-refractivity contribution >= 4 is 5.95 Å². The maximum absolute atomic E-state index is 5.45. The summed E-state index contributed by atoms with van der Waals surface area (Å²) < 4.78 is 12.6. The molecule has 1 aromatic heterocycles. The second kappa shape index (κ2) is 6.43. The van der Waals surface area contributed by atoms with Gasteiger partial charge in [-0.1, -0.05) is 41.5 Å². The van der Waals surface area contributed by atoms with E-state index in [-0.39, 0.29) is 12.1 Å².